The number of primary amides is 1. The van der Waals surface area contributed by atoms with Crippen LogP contribution in [0.4, 0.5) is 5.69 Å². The number of nitrogens with two attached hydrogens (primary N) is 1. The Hall–Kier alpha value is -2.80. The molecule has 2 aromatic carbocycles. The van der Waals surface area contributed by atoms with Gasteiger partial charge in [0.2, 0.25) is 5.91 Å². The van der Waals surface area contributed by atoms with Gasteiger partial charge in [0.15, 0.2) is 6.10 Å². The Balaban J connectivity index is 1.87. The highest BCUT2D eigenvalue weighted by molar-refractivity contribution is 8.00. The second kappa shape index (κ2) is 9.05. The third-order valence-corrected chi connectivity index (χ3v) is 4.58. The van der Waals surface area contributed by atoms with Crippen molar-refractivity contribution in [1.82, 2.24) is 0 Å². The van der Waals surface area contributed by atoms with Gasteiger partial charge in [-0.2, -0.15) is 0 Å². The maximum Gasteiger partial charge on any atom is 0.319 e. The van der Waals surface area contributed by atoms with Crippen molar-refractivity contribution in [2.45, 2.75) is 30.1 Å². The number of ether oxygens (including phenoxy) is 1. The van der Waals surface area contributed by atoms with Gasteiger partial charge in [0.05, 0.1) is 0 Å². The normalized spacial score (nSPS) is 12.7. The molecular weight excluding hydrogens is 352 g/mol. The molecule has 0 saturated heterocycles. The van der Waals surface area contributed by atoms with Crippen molar-refractivity contribution in [3.63, 3.8) is 0 Å². The number of nitrogens with one attached hydrogen (secondary N) is 1. The SMILES string of the molecule is C[C@H](OC(=O)[C@@H](C)Sc1ccccc1)C(=O)Nc1ccc(C(N)=O)cc1. The number of anilines is 1. The molecular formula is C19H20N2O4S. The van der Waals surface area contributed by atoms with Gasteiger partial charge in [-0.3, -0.25) is 14.4 Å². The minimum absolute atomic E-state index is 0.342. The van der Waals surface area contributed by atoms with Crippen molar-refractivity contribution in [3.8, 4) is 0 Å². The average molecular weight is 372 g/mol. The highest BCUT2D eigenvalue weighted by Gasteiger charge is 2.22. The first-order valence-corrected chi connectivity index (χ1v) is 8.87. The molecule has 6 nitrogen and oxygen atoms in total. The monoisotopic (exact) mass is 372 g/mol. The molecule has 3 N–H and O–H groups in total. The predicted molar refractivity (Wildman–Crippen MR) is 101 cm³/mol. The zero-order valence-corrected chi connectivity index (χ0v) is 15.3. The number of thioether (sulfide) groups is 1. The molecule has 0 fully saturated rings. The molecule has 136 valence electrons. The van der Waals surface area contributed by atoms with Crippen molar-refractivity contribution in [3.05, 3.63) is 60.2 Å². The topological polar surface area (TPSA) is 98.5 Å². The molecule has 0 aliphatic carbocycles. The zero-order valence-electron chi connectivity index (χ0n) is 14.5. The summed E-state index contributed by atoms with van der Waals surface area (Å²) < 4.78 is 5.23. The number of hydrogen-bond acceptors (Lipinski definition) is 5. The summed E-state index contributed by atoms with van der Waals surface area (Å²) in [5.41, 5.74) is 5.99. The van der Waals surface area contributed by atoms with E-state index in [-0.39, 0.29) is 0 Å². The molecule has 7 heteroatoms. The van der Waals surface area contributed by atoms with Gasteiger partial charge in [0.25, 0.3) is 5.91 Å². The van der Waals surface area contributed by atoms with Crippen LogP contribution in [0.25, 0.3) is 0 Å². The highest BCUT2D eigenvalue weighted by atomic mass is 32.2. The summed E-state index contributed by atoms with van der Waals surface area (Å²) in [6.07, 6.45) is -0.947. The Morgan fingerprint density at radius 1 is 1.00 bits per heavy atom. The zero-order chi connectivity index (χ0) is 19.1. The molecule has 2 rings (SSSR count). The summed E-state index contributed by atoms with van der Waals surface area (Å²) in [6.45, 7) is 3.23. The average Bonchev–Trinajstić information content (AvgIpc) is 2.62. The summed E-state index contributed by atoms with van der Waals surface area (Å²) >= 11 is 1.36. The predicted octanol–water partition coefficient (Wildman–Crippen LogP) is 2.84. The molecule has 0 aliphatic heterocycles. The fourth-order valence-corrected chi connectivity index (χ4v) is 2.91. The van der Waals surface area contributed by atoms with Crippen LogP contribution in [0.3, 0.4) is 0 Å². The molecule has 2 atom stereocenters. The van der Waals surface area contributed by atoms with Gasteiger partial charge in [-0.15, -0.1) is 11.8 Å². The van der Waals surface area contributed by atoms with Crippen LogP contribution < -0.4 is 11.1 Å². The summed E-state index contributed by atoms with van der Waals surface area (Å²) in [4.78, 5) is 36.3. The summed E-state index contributed by atoms with van der Waals surface area (Å²) in [5.74, 6) is -1.47. The Labute approximate surface area is 156 Å². The Morgan fingerprint density at radius 2 is 1.62 bits per heavy atom. The number of rotatable bonds is 7. The second-order valence-corrected chi connectivity index (χ2v) is 7.00. The van der Waals surface area contributed by atoms with E-state index in [2.05, 4.69) is 5.32 Å². The van der Waals surface area contributed by atoms with Gasteiger partial charge in [0.1, 0.15) is 5.25 Å². The van der Waals surface area contributed by atoms with Crippen LogP contribution in [0.1, 0.15) is 24.2 Å². The van der Waals surface area contributed by atoms with E-state index in [1.165, 1.54) is 30.8 Å². The minimum Gasteiger partial charge on any atom is -0.452 e. The summed E-state index contributed by atoms with van der Waals surface area (Å²) in [7, 11) is 0. The lowest BCUT2D eigenvalue weighted by Crippen LogP contribution is -2.32. The quantitative estimate of drug-likeness (QED) is 0.575. The van der Waals surface area contributed by atoms with E-state index >= 15 is 0 Å². The molecule has 0 unspecified atom stereocenters. The van der Waals surface area contributed by atoms with E-state index in [1.54, 1.807) is 19.1 Å². The van der Waals surface area contributed by atoms with E-state index in [9.17, 15) is 14.4 Å². The first kappa shape index (κ1) is 19.5. The molecule has 0 radical (unpaired) electrons. The van der Waals surface area contributed by atoms with Crippen LogP contribution in [0.5, 0.6) is 0 Å². The van der Waals surface area contributed by atoms with Crippen molar-refractivity contribution in [2.75, 3.05) is 5.32 Å². The van der Waals surface area contributed by atoms with Crippen molar-refractivity contribution in [2.24, 2.45) is 5.73 Å². The van der Waals surface area contributed by atoms with Crippen molar-refractivity contribution < 1.29 is 19.1 Å². The summed E-state index contributed by atoms with van der Waals surface area (Å²) in [6, 6.07) is 15.6. The number of amides is 2. The molecule has 0 aliphatic rings. The van der Waals surface area contributed by atoms with Gasteiger partial charge in [-0.05, 0) is 50.2 Å². The molecule has 0 bridgehead atoms. The number of hydrogen-bond donors (Lipinski definition) is 2. The lowest BCUT2D eigenvalue weighted by Gasteiger charge is -2.16. The molecule has 0 spiro atoms. The lowest BCUT2D eigenvalue weighted by molar-refractivity contribution is -0.152. The van der Waals surface area contributed by atoms with E-state index in [4.69, 9.17) is 10.5 Å². The third-order valence-electron chi connectivity index (χ3n) is 3.49. The van der Waals surface area contributed by atoms with Gasteiger partial charge in [0, 0.05) is 16.1 Å². The molecule has 2 aromatic rings. The van der Waals surface area contributed by atoms with Crippen LogP contribution in [0.15, 0.2) is 59.5 Å². The van der Waals surface area contributed by atoms with Gasteiger partial charge in [-0.1, -0.05) is 18.2 Å². The molecule has 0 saturated carbocycles. The fourth-order valence-electron chi connectivity index (χ4n) is 2.04. The smallest absolute Gasteiger partial charge is 0.319 e. The Bertz CT molecular complexity index is 778. The fraction of sp³-hybridized carbons (Fsp3) is 0.211. The van der Waals surface area contributed by atoms with Crippen LogP contribution in [0, 0.1) is 0 Å². The molecule has 0 heterocycles. The van der Waals surface area contributed by atoms with Gasteiger partial charge in [-0.25, -0.2) is 0 Å². The Morgan fingerprint density at radius 3 is 2.19 bits per heavy atom. The first-order chi connectivity index (χ1) is 12.4. The van der Waals surface area contributed by atoms with Crippen LogP contribution in [0.2, 0.25) is 0 Å². The van der Waals surface area contributed by atoms with E-state index < -0.39 is 29.1 Å². The maximum atomic E-state index is 12.2. The van der Waals surface area contributed by atoms with E-state index in [0.717, 1.165) is 4.90 Å². The molecule has 2 amide bonds. The molecule has 26 heavy (non-hydrogen) atoms. The second-order valence-electron chi connectivity index (χ2n) is 5.58. The van der Waals surface area contributed by atoms with Crippen LogP contribution in [-0.2, 0) is 14.3 Å². The minimum atomic E-state index is -0.947. The van der Waals surface area contributed by atoms with E-state index in [1.807, 2.05) is 30.3 Å². The van der Waals surface area contributed by atoms with Crippen molar-refractivity contribution >= 4 is 35.2 Å². The first-order valence-electron chi connectivity index (χ1n) is 7.99. The van der Waals surface area contributed by atoms with Crippen LogP contribution >= 0.6 is 11.8 Å². The van der Waals surface area contributed by atoms with Crippen LogP contribution in [-0.4, -0.2) is 29.1 Å². The van der Waals surface area contributed by atoms with Gasteiger partial charge < -0.3 is 15.8 Å². The van der Waals surface area contributed by atoms with Gasteiger partial charge >= 0.3 is 5.97 Å². The number of carbonyl (C=O) groups is 3. The lowest BCUT2D eigenvalue weighted by atomic mass is 10.2. The van der Waals surface area contributed by atoms with Crippen molar-refractivity contribution in [1.29, 1.82) is 0 Å². The maximum absolute atomic E-state index is 12.2. The standard InChI is InChI=1S/C19H20N2O4S/c1-12(18(23)21-15-10-8-14(9-11-15)17(20)22)25-19(24)13(2)26-16-6-4-3-5-7-16/h3-13H,1-2H3,(H2,20,22)(H,21,23)/t12-,13+/m0/s1. The number of carbonyl (C=O) groups excluding carboxylic acids is 3. The highest BCUT2D eigenvalue weighted by Crippen LogP contribution is 2.23. The Kier molecular flexibility index (Phi) is 6.80. The third kappa shape index (κ3) is 5.63. The largest absolute Gasteiger partial charge is 0.452 e. The number of benzene rings is 2. The molecule has 0 aromatic heterocycles. The summed E-state index contributed by atoms with van der Waals surface area (Å²) in [5, 5.41) is 2.18. The number of esters is 1. The van der Waals surface area contributed by atoms with E-state index in [0.29, 0.717) is 11.3 Å².